The molecule has 0 amide bonds. The first-order valence-electron chi connectivity index (χ1n) is 7.36. The lowest BCUT2D eigenvalue weighted by atomic mass is 10.1. The lowest BCUT2D eigenvalue weighted by molar-refractivity contribution is -0.136. The summed E-state index contributed by atoms with van der Waals surface area (Å²) < 4.78 is 0. The third kappa shape index (κ3) is 4.44. The zero-order valence-corrected chi connectivity index (χ0v) is 14.7. The first-order valence-corrected chi connectivity index (χ1v) is 9.23. The maximum atomic E-state index is 10.8. The molecule has 3 rings (SSSR count). The predicted molar refractivity (Wildman–Crippen MR) is 98.9 cm³/mol. The summed E-state index contributed by atoms with van der Waals surface area (Å²) in [7, 11) is 0. The number of hydrogen-bond acceptors (Lipinski definition) is 5. The summed E-state index contributed by atoms with van der Waals surface area (Å²) in [5, 5.41) is 11.4. The third-order valence-corrected chi connectivity index (χ3v) is 5.15. The number of hydrogen-bond donors (Lipinski definition) is 1. The molecule has 7 heteroatoms. The van der Waals surface area contributed by atoms with Crippen LogP contribution in [0.1, 0.15) is 11.1 Å². The fourth-order valence-corrected chi connectivity index (χ4v) is 3.74. The molecule has 1 N–H and O–H groups in total. The van der Waals surface area contributed by atoms with E-state index in [1.807, 2.05) is 35.7 Å². The quantitative estimate of drug-likeness (QED) is 0.389. The normalized spacial score (nSPS) is 10.4. The van der Waals surface area contributed by atoms with Gasteiger partial charge >= 0.3 is 5.97 Å². The maximum absolute atomic E-state index is 10.8. The van der Waals surface area contributed by atoms with Gasteiger partial charge in [0.2, 0.25) is 5.69 Å². The Morgan fingerprint density at radius 3 is 2.84 bits per heavy atom. The topological polar surface area (TPSA) is 67.4 Å². The zero-order valence-electron chi connectivity index (χ0n) is 13.0. The first-order chi connectivity index (χ1) is 12.2. The van der Waals surface area contributed by atoms with E-state index < -0.39 is 5.97 Å². The van der Waals surface area contributed by atoms with Crippen molar-refractivity contribution in [2.24, 2.45) is 0 Å². The minimum atomic E-state index is -0.844. The molecule has 0 aliphatic rings. The van der Waals surface area contributed by atoms with E-state index in [0.717, 1.165) is 16.0 Å². The van der Waals surface area contributed by atoms with Crippen LogP contribution in [0, 0.1) is 6.57 Å². The standard InChI is InChI=1S/C18H13N3O2S2/c1-19-14-10-20-18(21-17(14)15-6-3-7-24-15)25-11-13-5-2-4-12(8-13)9-16(22)23/h2-8,10H,9,11H2,(H,22,23). The summed E-state index contributed by atoms with van der Waals surface area (Å²) in [5.41, 5.74) is 2.88. The van der Waals surface area contributed by atoms with Crippen LogP contribution in [0.4, 0.5) is 5.69 Å². The summed E-state index contributed by atoms with van der Waals surface area (Å²) in [6.07, 6.45) is 1.56. The number of carboxylic acid groups (broad SMARTS) is 1. The van der Waals surface area contributed by atoms with E-state index in [-0.39, 0.29) is 6.42 Å². The smallest absolute Gasteiger partial charge is 0.307 e. The first kappa shape index (κ1) is 17.1. The molecule has 0 radical (unpaired) electrons. The molecule has 0 bridgehead atoms. The second-order valence-corrected chi connectivity index (χ2v) is 7.04. The van der Waals surface area contributed by atoms with Crippen LogP contribution in [0.15, 0.2) is 53.1 Å². The molecule has 2 aromatic heterocycles. The summed E-state index contributed by atoms with van der Waals surface area (Å²) in [6, 6.07) is 11.4. The number of thiophene rings is 1. The lowest BCUT2D eigenvalue weighted by Crippen LogP contribution is -2.00. The molecular formula is C18H13N3O2S2. The van der Waals surface area contributed by atoms with Crippen LogP contribution in [0.5, 0.6) is 0 Å². The number of nitrogens with zero attached hydrogens (tertiary/aromatic N) is 3. The maximum Gasteiger partial charge on any atom is 0.307 e. The molecule has 0 saturated heterocycles. The number of aliphatic carboxylic acids is 1. The Bertz CT molecular complexity index is 934. The Morgan fingerprint density at radius 1 is 1.28 bits per heavy atom. The summed E-state index contributed by atoms with van der Waals surface area (Å²) >= 11 is 3.00. The Morgan fingerprint density at radius 2 is 2.12 bits per heavy atom. The average Bonchev–Trinajstić information content (AvgIpc) is 3.14. The van der Waals surface area contributed by atoms with Gasteiger partial charge in [0.15, 0.2) is 5.16 Å². The highest BCUT2D eigenvalue weighted by Gasteiger charge is 2.11. The molecule has 124 valence electrons. The molecule has 3 aromatic rings. The van der Waals surface area contributed by atoms with E-state index >= 15 is 0 Å². The fraction of sp³-hybridized carbons (Fsp3) is 0.111. The molecule has 0 spiro atoms. The Balaban J connectivity index is 1.77. The monoisotopic (exact) mass is 367 g/mol. The van der Waals surface area contributed by atoms with Gasteiger partial charge in [-0.25, -0.2) is 14.8 Å². The fourth-order valence-electron chi connectivity index (χ4n) is 2.26. The molecule has 0 saturated carbocycles. The van der Waals surface area contributed by atoms with Crippen LogP contribution in [-0.4, -0.2) is 21.0 Å². The van der Waals surface area contributed by atoms with E-state index in [1.165, 1.54) is 23.1 Å². The molecular weight excluding hydrogens is 354 g/mol. The van der Waals surface area contributed by atoms with Crippen molar-refractivity contribution >= 4 is 34.8 Å². The molecule has 2 heterocycles. The second-order valence-electron chi connectivity index (χ2n) is 5.15. The van der Waals surface area contributed by atoms with Gasteiger partial charge in [-0.05, 0) is 22.6 Å². The number of rotatable bonds is 6. The molecule has 0 aliphatic carbocycles. The highest BCUT2D eigenvalue weighted by Crippen LogP contribution is 2.33. The van der Waals surface area contributed by atoms with Crippen LogP contribution in [0.2, 0.25) is 0 Å². The van der Waals surface area contributed by atoms with E-state index in [2.05, 4.69) is 14.8 Å². The van der Waals surface area contributed by atoms with E-state index in [1.54, 1.807) is 12.3 Å². The predicted octanol–water partition coefficient (Wildman–Crippen LogP) is 4.68. The molecule has 5 nitrogen and oxygen atoms in total. The van der Waals surface area contributed by atoms with Gasteiger partial charge < -0.3 is 5.11 Å². The summed E-state index contributed by atoms with van der Waals surface area (Å²) in [5.74, 6) is -0.210. The van der Waals surface area contributed by atoms with E-state index in [4.69, 9.17) is 11.7 Å². The van der Waals surface area contributed by atoms with Crippen LogP contribution in [0.3, 0.4) is 0 Å². The van der Waals surface area contributed by atoms with Crippen molar-refractivity contribution in [1.29, 1.82) is 0 Å². The van der Waals surface area contributed by atoms with Crippen molar-refractivity contribution in [1.82, 2.24) is 9.97 Å². The van der Waals surface area contributed by atoms with Crippen molar-refractivity contribution in [2.45, 2.75) is 17.3 Å². The molecule has 0 atom stereocenters. The summed E-state index contributed by atoms with van der Waals surface area (Å²) in [6.45, 7) is 7.27. The van der Waals surface area contributed by atoms with Crippen molar-refractivity contribution in [2.75, 3.05) is 0 Å². The van der Waals surface area contributed by atoms with Gasteiger partial charge in [-0.1, -0.05) is 42.1 Å². The van der Waals surface area contributed by atoms with E-state index in [9.17, 15) is 4.79 Å². The van der Waals surface area contributed by atoms with Crippen molar-refractivity contribution in [3.8, 4) is 10.6 Å². The van der Waals surface area contributed by atoms with Gasteiger partial charge in [-0.15, -0.1) is 11.3 Å². The van der Waals surface area contributed by atoms with E-state index in [0.29, 0.717) is 22.3 Å². The Hall–Kier alpha value is -2.69. The van der Waals surface area contributed by atoms with Gasteiger partial charge in [0.05, 0.1) is 18.7 Å². The number of carboxylic acids is 1. The van der Waals surface area contributed by atoms with Gasteiger partial charge in [0, 0.05) is 16.8 Å². The number of thioether (sulfide) groups is 1. The van der Waals surface area contributed by atoms with Gasteiger partial charge in [0.25, 0.3) is 0 Å². The lowest BCUT2D eigenvalue weighted by Gasteiger charge is -2.06. The van der Waals surface area contributed by atoms with Gasteiger partial charge in [-0.3, -0.25) is 4.79 Å². The highest BCUT2D eigenvalue weighted by atomic mass is 32.2. The number of carbonyl (C=O) groups is 1. The van der Waals surface area contributed by atoms with Crippen molar-refractivity contribution in [3.05, 3.63) is 70.5 Å². The van der Waals surface area contributed by atoms with Crippen LogP contribution in [-0.2, 0) is 17.0 Å². The minimum absolute atomic E-state index is 0.0111. The Labute approximate surface area is 153 Å². The number of aromatic nitrogens is 2. The van der Waals surface area contributed by atoms with Crippen LogP contribution >= 0.6 is 23.1 Å². The largest absolute Gasteiger partial charge is 0.481 e. The van der Waals surface area contributed by atoms with Gasteiger partial charge in [-0.2, -0.15) is 0 Å². The molecule has 1 aromatic carbocycles. The van der Waals surface area contributed by atoms with Gasteiger partial charge in [0.1, 0.15) is 0 Å². The molecule has 0 aliphatic heterocycles. The second kappa shape index (κ2) is 7.92. The van der Waals surface area contributed by atoms with Crippen LogP contribution < -0.4 is 0 Å². The summed E-state index contributed by atoms with van der Waals surface area (Å²) in [4.78, 5) is 24.0. The molecule has 0 fully saturated rings. The number of benzene rings is 1. The SMILES string of the molecule is [C-]#[N+]c1cnc(SCc2cccc(CC(=O)O)c2)nc1-c1cccs1. The van der Waals surface area contributed by atoms with Crippen molar-refractivity contribution in [3.63, 3.8) is 0 Å². The minimum Gasteiger partial charge on any atom is -0.481 e. The highest BCUT2D eigenvalue weighted by molar-refractivity contribution is 7.98. The Kier molecular flexibility index (Phi) is 5.43. The zero-order chi connectivity index (χ0) is 17.6. The molecule has 25 heavy (non-hydrogen) atoms. The molecule has 0 unspecified atom stereocenters. The van der Waals surface area contributed by atoms with Crippen LogP contribution in [0.25, 0.3) is 15.4 Å². The average molecular weight is 367 g/mol. The van der Waals surface area contributed by atoms with Crippen molar-refractivity contribution < 1.29 is 9.90 Å². The third-order valence-electron chi connectivity index (χ3n) is 3.34.